The Morgan fingerprint density at radius 3 is 1.65 bits per heavy atom. The van der Waals surface area contributed by atoms with Crippen LogP contribution < -0.4 is 5.32 Å². The van der Waals surface area contributed by atoms with E-state index in [0.717, 1.165) is 19.3 Å². The van der Waals surface area contributed by atoms with Crippen molar-refractivity contribution in [3.63, 3.8) is 0 Å². The van der Waals surface area contributed by atoms with Crippen LogP contribution in [0.2, 0.25) is 0 Å². The molecular weight excluding hydrogens is 281 g/mol. The number of rotatable bonds is 11. The van der Waals surface area contributed by atoms with Crippen molar-refractivity contribution >= 4 is 10.1 Å². The van der Waals surface area contributed by atoms with Crippen molar-refractivity contribution in [3.05, 3.63) is 0 Å². The Bertz CT molecular complexity index is 284. The Labute approximate surface area is 124 Å². The lowest BCUT2D eigenvalue weighted by molar-refractivity contribution is 0.349. The lowest BCUT2D eigenvalue weighted by atomic mass is 10.1. The molecule has 0 aliphatic carbocycles. The number of unbranched alkanes of at least 4 members (excludes halogenated alkanes) is 8. The van der Waals surface area contributed by atoms with Gasteiger partial charge in [0.1, 0.15) is 0 Å². The standard InChI is InChI=1S/C12H25FO3S.C2H7N/c1-2-3-4-5-6-7-8-9-10-11-12(13)17(14,15)16;1-3-2/h12H,2-11H2,1H3,(H,14,15,16);3H,1-2H3. The van der Waals surface area contributed by atoms with E-state index < -0.39 is 15.6 Å². The Morgan fingerprint density at radius 2 is 1.30 bits per heavy atom. The summed E-state index contributed by atoms with van der Waals surface area (Å²) < 4.78 is 41.9. The van der Waals surface area contributed by atoms with Crippen LogP contribution >= 0.6 is 0 Å². The van der Waals surface area contributed by atoms with Crippen LogP contribution in [0.25, 0.3) is 0 Å². The first kappa shape index (κ1) is 22.1. The molecule has 6 heteroatoms. The Morgan fingerprint density at radius 1 is 0.950 bits per heavy atom. The zero-order valence-corrected chi connectivity index (χ0v) is 14.0. The van der Waals surface area contributed by atoms with E-state index in [1.807, 2.05) is 14.1 Å². The molecule has 0 aromatic heterocycles. The molecule has 0 aliphatic rings. The fraction of sp³-hybridized carbons (Fsp3) is 1.00. The molecule has 0 amide bonds. The molecule has 0 spiro atoms. The second-order valence-electron chi connectivity index (χ2n) is 5.04. The van der Waals surface area contributed by atoms with Gasteiger partial charge in [0, 0.05) is 0 Å². The third-order valence-electron chi connectivity index (χ3n) is 2.86. The van der Waals surface area contributed by atoms with Crippen LogP contribution in [0.1, 0.15) is 71.1 Å². The molecule has 0 saturated heterocycles. The maximum absolute atomic E-state index is 12.8. The molecule has 0 heterocycles. The van der Waals surface area contributed by atoms with Gasteiger partial charge in [0.25, 0.3) is 10.1 Å². The highest BCUT2D eigenvalue weighted by Crippen LogP contribution is 2.14. The van der Waals surface area contributed by atoms with Crippen molar-refractivity contribution < 1.29 is 17.4 Å². The summed E-state index contributed by atoms with van der Waals surface area (Å²) in [5.74, 6) is 0. The van der Waals surface area contributed by atoms with Gasteiger partial charge in [-0.2, -0.15) is 8.42 Å². The van der Waals surface area contributed by atoms with Gasteiger partial charge in [-0.3, -0.25) is 4.55 Å². The van der Waals surface area contributed by atoms with Crippen molar-refractivity contribution in [2.45, 2.75) is 76.6 Å². The van der Waals surface area contributed by atoms with E-state index in [2.05, 4.69) is 12.2 Å². The minimum absolute atomic E-state index is 0.0886. The number of halogens is 1. The minimum Gasteiger partial charge on any atom is -0.323 e. The van der Waals surface area contributed by atoms with Crippen LogP contribution in [-0.2, 0) is 10.1 Å². The van der Waals surface area contributed by atoms with Crippen LogP contribution in [-0.4, -0.2) is 32.6 Å². The Hall–Kier alpha value is -0.200. The van der Waals surface area contributed by atoms with Gasteiger partial charge in [-0.15, -0.1) is 0 Å². The normalized spacial score (nSPS) is 12.7. The minimum atomic E-state index is -4.48. The molecule has 0 saturated carbocycles. The molecule has 20 heavy (non-hydrogen) atoms. The smallest absolute Gasteiger partial charge is 0.297 e. The van der Waals surface area contributed by atoms with Crippen LogP contribution in [0.5, 0.6) is 0 Å². The summed E-state index contributed by atoms with van der Waals surface area (Å²) in [6, 6.07) is 0. The van der Waals surface area contributed by atoms with Gasteiger partial charge in [0.15, 0.2) is 0 Å². The number of alkyl halides is 1. The van der Waals surface area contributed by atoms with Gasteiger partial charge >= 0.3 is 0 Å². The topological polar surface area (TPSA) is 66.4 Å². The van der Waals surface area contributed by atoms with Gasteiger partial charge in [-0.25, -0.2) is 4.39 Å². The van der Waals surface area contributed by atoms with Gasteiger partial charge < -0.3 is 5.32 Å². The van der Waals surface area contributed by atoms with Crippen molar-refractivity contribution in [3.8, 4) is 0 Å². The lowest BCUT2D eigenvalue weighted by Crippen LogP contribution is -2.14. The van der Waals surface area contributed by atoms with Crippen molar-refractivity contribution in [1.29, 1.82) is 0 Å². The average Bonchev–Trinajstić information content (AvgIpc) is 2.36. The number of hydrogen-bond acceptors (Lipinski definition) is 3. The van der Waals surface area contributed by atoms with Crippen molar-refractivity contribution in [1.82, 2.24) is 5.32 Å². The first-order valence-corrected chi connectivity index (χ1v) is 9.09. The van der Waals surface area contributed by atoms with E-state index in [0.29, 0.717) is 6.42 Å². The summed E-state index contributed by atoms with van der Waals surface area (Å²) in [5, 5.41) is 2.75. The molecule has 1 atom stereocenters. The van der Waals surface area contributed by atoms with Gasteiger partial charge in [0.05, 0.1) is 0 Å². The molecule has 2 N–H and O–H groups in total. The first-order valence-electron chi connectivity index (χ1n) is 7.59. The summed E-state index contributed by atoms with van der Waals surface area (Å²) in [7, 11) is -0.727. The van der Waals surface area contributed by atoms with E-state index in [1.165, 1.54) is 32.1 Å². The molecule has 0 fully saturated rings. The zero-order valence-electron chi connectivity index (χ0n) is 13.2. The predicted molar refractivity (Wildman–Crippen MR) is 83.3 cm³/mol. The third kappa shape index (κ3) is 17.8. The highest BCUT2D eigenvalue weighted by Gasteiger charge is 2.20. The van der Waals surface area contributed by atoms with Crippen molar-refractivity contribution in [2.75, 3.05) is 14.1 Å². The predicted octanol–water partition coefficient (Wildman–Crippen LogP) is 3.93. The SMILES string of the molecule is CCCCCCCCCCCC(F)S(=O)(=O)O.CNC. The lowest BCUT2D eigenvalue weighted by Gasteiger charge is -2.04. The summed E-state index contributed by atoms with van der Waals surface area (Å²) in [6.45, 7) is 2.18. The van der Waals surface area contributed by atoms with Crippen LogP contribution in [0, 0.1) is 0 Å². The molecular formula is C14H32FNO3S. The van der Waals surface area contributed by atoms with Gasteiger partial charge in [-0.05, 0) is 26.9 Å². The fourth-order valence-electron chi connectivity index (χ4n) is 1.76. The van der Waals surface area contributed by atoms with E-state index in [9.17, 15) is 12.8 Å². The maximum Gasteiger partial charge on any atom is 0.297 e. The third-order valence-corrected chi connectivity index (χ3v) is 3.74. The molecule has 0 aromatic rings. The van der Waals surface area contributed by atoms with E-state index in [-0.39, 0.29) is 6.42 Å². The summed E-state index contributed by atoms with van der Waals surface area (Å²) >= 11 is 0. The molecule has 0 aromatic carbocycles. The van der Waals surface area contributed by atoms with E-state index in [4.69, 9.17) is 4.55 Å². The van der Waals surface area contributed by atoms with Gasteiger partial charge in [0.2, 0.25) is 5.50 Å². The molecule has 0 rings (SSSR count). The van der Waals surface area contributed by atoms with Crippen LogP contribution in [0.3, 0.4) is 0 Å². The van der Waals surface area contributed by atoms with Crippen molar-refractivity contribution in [2.24, 2.45) is 0 Å². The highest BCUT2D eigenvalue weighted by molar-refractivity contribution is 7.86. The second kappa shape index (κ2) is 15.2. The molecule has 1 unspecified atom stereocenters. The quantitative estimate of drug-likeness (QED) is 0.448. The second-order valence-corrected chi connectivity index (χ2v) is 6.58. The van der Waals surface area contributed by atoms with Crippen LogP contribution in [0.15, 0.2) is 0 Å². The van der Waals surface area contributed by atoms with E-state index >= 15 is 0 Å². The van der Waals surface area contributed by atoms with Crippen LogP contribution in [0.4, 0.5) is 4.39 Å². The molecule has 0 bridgehead atoms. The largest absolute Gasteiger partial charge is 0.323 e. The summed E-state index contributed by atoms with van der Waals surface area (Å²) in [4.78, 5) is 0. The summed E-state index contributed by atoms with van der Waals surface area (Å²) in [6.07, 6.45) is 9.70. The first-order chi connectivity index (χ1) is 9.40. The molecule has 0 radical (unpaired) electrons. The average molecular weight is 313 g/mol. The summed E-state index contributed by atoms with van der Waals surface area (Å²) in [5.41, 5.74) is -2.10. The fourth-order valence-corrected chi connectivity index (χ4v) is 2.23. The highest BCUT2D eigenvalue weighted by atomic mass is 32.2. The number of nitrogens with one attached hydrogen (secondary N) is 1. The monoisotopic (exact) mass is 313 g/mol. The van der Waals surface area contributed by atoms with E-state index in [1.54, 1.807) is 0 Å². The Balaban J connectivity index is 0. The molecule has 4 nitrogen and oxygen atoms in total. The molecule has 0 aliphatic heterocycles. The number of hydrogen-bond donors (Lipinski definition) is 2. The zero-order chi connectivity index (χ0) is 15.9. The van der Waals surface area contributed by atoms with Gasteiger partial charge in [-0.1, -0.05) is 58.3 Å². The Kier molecular flexibility index (Phi) is 16.8. The maximum atomic E-state index is 12.8. The molecule has 124 valence electrons.